The maximum Gasteiger partial charge on any atom is 0.206 e. The monoisotopic (exact) mass is 432 g/mol. The quantitative estimate of drug-likeness (QED) is 0.481. The number of allylic oxidation sites excluding steroid dienone is 2. The Hall–Kier alpha value is -3.15. The predicted octanol–water partition coefficient (Wildman–Crippen LogP) is 5.98. The Kier molecular flexibility index (Phi) is 6.07. The van der Waals surface area contributed by atoms with E-state index in [4.69, 9.17) is 9.47 Å². The lowest BCUT2D eigenvalue weighted by atomic mass is 9.98. The van der Waals surface area contributed by atoms with E-state index in [0.29, 0.717) is 11.5 Å². The van der Waals surface area contributed by atoms with Crippen molar-refractivity contribution in [1.29, 1.82) is 0 Å². The second-order valence-electron chi connectivity index (χ2n) is 7.44. The summed E-state index contributed by atoms with van der Waals surface area (Å²) in [6.07, 6.45) is 7.30. The number of hydrogen-bond acceptors (Lipinski definition) is 4. The minimum atomic E-state index is -3.55. The Labute approximate surface area is 183 Å². The number of rotatable bonds is 6. The summed E-state index contributed by atoms with van der Waals surface area (Å²) in [5.41, 5.74) is 3.28. The highest BCUT2D eigenvalue weighted by Gasteiger charge is 2.17. The summed E-state index contributed by atoms with van der Waals surface area (Å²) in [5, 5.41) is 0. The third-order valence-corrected chi connectivity index (χ3v) is 7.04. The van der Waals surface area contributed by atoms with Crippen LogP contribution in [0.5, 0.6) is 11.5 Å². The molecule has 158 valence electrons. The van der Waals surface area contributed by atoms with E-state index in [-0.39, 0.29) is 15.9 Å². The molecule has 3 aromatic carbocycles. The van der Waals surface area contributed by atoms with E-state index >= 15 is 0 Å². The van der Waals surface area contributed by atoms with E-state index in [1.807, 2.05) is 31.2 Å². The van der Waals surface area contributed by atoms with E-state index in [2.05, 4.69) is 18.2 Å². The molecule has 0 radical (unpaired) electrons. The molecule has 1 aliphatic rings. The number of hydrogen-bond donors (Lipinski definition) is 0. The van der Waals surface area contributed by atoms with E-state index in [9.17, 15) is 8.42 Å². The summed E-state index contributed by atoms with van der Waals surface area (Å²) in [4.78, 5) is 0.523. The minimum absolute atomic E-state index is 0.143. The van der Waals surface area contributed by atoms with Crippen molar-refractivity contribution in [3.8, 4) is 11.5 Å². The van der Waals surface area contributed by atoms with Gasteiger partial charge in [-0.05, 0) is 73.0 Å². The largest absolute Gasteiger partial charge is 0.457 e. The summed E-state index contributed by atoms with van der Waals surface area (Å²) in [6.45, 7) is 1.93. The summed E-state index contributed by atoms with van der Waals surface area (Å²) in [6, 6.07) is 21.2. The highest BCUT2D eigenvalue weighted by molar-refractivity contribution is 7.91. The fraction of sp³-hybridized carbons (Fsp3) is 0.154. The van der Waals surface area contributed by atoms with Crippen molar-refractivity contribution in [3.05, 3.63) is 102 Å². The maximum atomic E-state index is 12.8. The molecule has 0 spiro atoms. The van der Waals surface area contributed by atoms with E-state index < -0.39 is 9.84 Å². The van der Waals surface area contributed by atoms with E-state index in [0.717, 1.165) is 23.1 Å². The molecule has 4 rings (SSSR count). The van der Waals surface area contributed by atoms with Crippen LogP contribution >= 0.6 is 0 Å². The molecule has 0 saturated heterocycles. The molecule has 1 unspecified atom stereocenters. The average Bonchev–Trinajstić information content (AvgIpc) is 2.80. The van der Waals surface area contributed by atoms with Crippen LogP contribution in [0.2, 0.25) is 0 Å². The Morgan fingerprint density at radius 3 is 1.87 bits per heavy atom. The van der Waals surface area contributed by atoms with Gasteiger partial charge >= 0.3 is 0 Å². The van der Waals surface area contributed by atoms with Gasteiger partial charge in [0.15, 0.2) is 0 Å². The van der Waals surface area contributed by atoms with Crippen molar-refractivity contribution in [1.82, 2.24) is 0 Å². The van der Waals surface area contributed by atoms with Crippen molar-refractivity contribution in [2.75, 3.05) is 7.11 Å². The zero-order valence-electron chi connectivity index (χ0n) is 17.5. The standard InChI is InChI=1S/C26H24O4S/c1-19-3-15-25(16-4-19)31(27,28)26-17-13-24(14-18-26)30-23-11-7-21(8-12-23)20-5-9-22(29-2)10-6-20/h3-9,11-18,22H,10H2,1-2H3. The first kappa shape index (κ1) is 21.1. The Bertz CT molecular complexity index is 1200. The summed E-state index contributed by atoms with van der Waals surface area (Å²) >= 11 is 0. The van der Waals surface area contributed by atoms with Gasteiger partial charge in [-0.15, -0.1) is 0 Å². The topological polar surface area (TPSA) is 52.6 Å². The molecule has 0 N–H and O–H groups in total. The summed E-state index contributed by atoms with van der Waals surface area (Å²) in [5.74, 6) is 1.27. The average molecular weight is 433 g/mol. The maximum absolute atomic E-state index is 12.8. The van der Waals surface area contributed by atoms with Crippen molar-refractivity contribution in [2.45, 2.75) is 29.2 Å². The van der Waals surface area contributed by atoms with Crippen LogP contribution in [-0.4, -0.2) is 21.6 Å². The number of sulfone groups is 1. The second-order valence-corrected chi connectivity index (χ2v) is 9.39. The number of ether oxygens (including phenoxy) is 2. The third-order valence-electron chi connectivity index (χ3n) is 5.25. The first-order chi connectivity index (χ1) is 15.0. The van der Waals surface area contributed by atoms with Gasteiger partial charge in [-0.1, -0.05) is 48.1 Å². The Morgan fingerprint density at radius 2 is 1.35 bits per heavy atom. The van der Waals surface area contributed by atoms with Gasteiger partial charge in [0.25, 0.3) is 0 Å². The molecule has 31 heavy (non-hydrogen) atoms. The zero-order valence-corrected chi connectivity index (χ0v) is 18.3. The molecular formula is C26H24O4S. The van der Waals surface area contributed by atoms with Gasteiger partial charge in [0.1, 0.15) is 11.5 Å². The van der Waals surface area contributed by atoms with Crippen LogP contribution in [0.1, 0.15) is 17.5 Å². The van der Waals surface area contributed by atoms with E-state index in [1.165, 1.54) is 0 Å². The van der Waals surface area contributed by atoms with Crippen LogP contribution in [0.3, 0.4) is 0 Å². The van der Waals surface area contributed by atoms with Gasteiger partial charge in [-0.25, -0.2) is 8.42 Å². The van der Waals surface area contributed by atoms with Gasteiger partial charge in [0.2, 0.25) is 9.84 Å². The zero-order chi connectivity index (χ0) is 21.8. The number of aryl methyl sites for hydroxylation is 1. The second kappa shape index (κ2) is 8.92. The molecule has 0 amide bonds. The third kappa shape index (κ3) is 4.79. The van der Waals surface area contributed by atoms with Crippen molar-refractivity contribution in [3.63, 3.8) is 0 Å². The van der Waals surface area contributed by atoms with Crippen LogP contribution in [0.4, 0.5) is 0 Å². The molecule has 1 atom stereocenters. The van der Waals surface area contributed by atoms with Crippen LogP contribution < -0.4 is 4.74 Å². The minimum Gasteiger partial charge on any atom is -0.457 e. The first-order valence-electron chi connectivity index (χ1n) is 10.1. The highest BCUT2D eigenvalue weighted by Crippen LogP contribution is 2.28. The predicted molar refractivity (Wildman–Crippen MR) is 122 cm³/mol. The molecule has 0 fully saturated rings. The van der Waals surface area contributed by atoms with Gasteiger partial charge < -0.3 is 9.47 Å². The first-order valence-corrected chi connectivity index (χ1v) is 11.6. The summed E-state index contributed by atoms with van der Waals surface area (Å²) in [7, 11) is -1.83. The van der Waals surface area contributed by atoms with E-state index in [1.54, 1.807) is 55.6 Å². The lowest BCUT2D eigenvalue weighted by Crippen LogP contribution is -2.07. The van der Waals surface area contributed by atoms with Crippen molar-refractivity contribution < 1.29 is 17.9 Å². The molecular weight excluding hydrogens is 408 g/mol. The van der Waals surface area contributed by atoms with Gasteiger partial charge in [-0.2, -0.15) is 0 Å². The van der Waals surface area contributed by atoms with Crippen LogP contribution in [0.25, 0.3) is 5.57 Å². The molecule has 0 aliphatic heterocycles. The van der Waals surface area contributed by atoms with Gasteiger partial charge in [-0.3, -0.25) is 0 Å². The fourth-order valence-corrected chi connectivity index (χ4v) is 4.64. The molecule has 0 bridgehead atoms. The van der Waals surface area contributed by atoms with Gasteiger partial charge in [0, 0.05) is 7.11 Å². The molecule has 0 aromatic heterocycles. The Morgan fingerprint density at radius 1 is 0.806 bits per heavy atom. The van der Waals surface area contributed by atoms with Gasteiger partial charge in [0.05, 0.1) is 15.9 Å². The lowest BCUT2D eigenvalue weighted by Gasteiger charge is -2.15. The van der Waals surface area contributed by atoms with Crippen LogP contribution in [0, 0.1) is 6.92 Å². The highest BCUT2D eigenvalue weighted by atomic mass is 32.2. The molecule has 4 nitrogen and oxygen atoms in total. The van der Waals surface area contributed by atoms with Crippen LogP contribution in [0.15, 0.2) is 101 Å². The number of benzene rings is 3. The molecule has 0 saturated carbocycles. The van der Waals surface area contributed by atoms with Crippen LogP contribution in [-0.2, 0) is 14.6 Å². The smallest absolute Gasteiger partial charge is 0.206 e. The lowest BCUT2D eigenvalue weighted by molar-refractivity contribution is 0.143. The molecule has 0 heterocycles. The SMILES string of the molecule is COC1C=CC(c2ccc(Oc3ccc(S(=O)(=O)c4ccc(C)cc4)cc3)cc2)=CC1. The normalized spacial score (nSPS) is 16.1. The fourth-order valence-electron chi connectivity index (χ4n) is 3.38. The summed E-state index contributed by atoms with van der Waals surface area (Å²) < 4.78 is 36.8. The molecule has 1 aliphatic carbocycles. The van der Waals surface area contributed by atoms with Crippen molar-refractivity contribution >= 4 is 15.4 Å². The Balaban J connectivity index is 1.45. The van der Waals surface area contributed by atoms with Crippen molar-refractivity contribution in [2.24, 2.45) is 0 Å². The number of methoxy groups -OCH3 is 1. The molecule has 5 heteroatoms. The molecule has 3 aromatic rings.